The van der Waals surface area contributed by atoms with Crippen LogP contribution in [-0.2, 0) is 9.53 Å². The maximum absolute atomic E-state index is 10.9. The first-order valence-electron chi connectivity index (χ1n) is 3.81. The molecule has 1 fully saturated rings. The van der Waals surface area contributed by atoms with E-state index in [2.05, 4.69) is 14.5 Å². The van der Waals surface area contributed by atoms with Crippen molar-refractivity contribution in [1.29, 1.82) is 0 Å². The van der Waals surface area contributed by atoms with Gasteiger partial charge >= 0.3 is 5.97 Å². The van der Waals surface area contributed by atoms with Crippen LogP contribution in [0.25, 0.3) is 0 Å². The maximum Gasteiger partial charge on any atom is 0.309 e. The normalized spacial score (nSPS) is 33.5. The fraction of sp³-hybridized carbons (Fsp3) is 0.857. The molecule has 4 atom stereocenters. The van der Waals surface area contributed by atoms with Crippen LogP contribution in [0.5, 0.6) is 0 Å². The van der Waals surface area contributed by atoms with Crippen molar-refractivity contribution >= 4 is 15.4 Å². The number of hydrogen-bond donors (Lipinski definition) is 1. The standard InChI is InChI=1S/C7H14NO2P/c1-4-3-6(5(2)8-11)10-7(4)9/h4-6,8H,3,11H2,1-2H3/t4-,5+,6+/m1/s1. The second kappa shape index (κ2) is 3.51. The third-order valence-corrected chi connectivity index (χ3v) is 2.60. The predicted molar refractivity (Wildman–Crippen MR) is 46.0 cm³/mol. The van der Waals surface area contributed by atoms with Gasteiger partial charge in [-0.05, 0) is 13.3 Å². The molecule has 0 saturated carbocycles. The van der Waals surface area contributed by atoms with Gasteiger partial charge in [0.25, 0.3) is 0 Å². The van der Waals surface area contributed by atoms with Crippen LogP contribution < -0.4 is 5.09 Å². The minimum Gasteiger partial charge on any atom is -0.460 e. The number of esters is 1. The van der Waals surface area contributed by atoms with Crippen LogP contribution in [0.1, 0.15) is 20.3 Å². The molecule has 0 radical (unpaired) electrons. The van der Waals surface area contributed by atoms with Gasteiger partial charge in [-0.2, -0.15) is 0 Å². The highest BCUT2D eigenvalue weighted by atomic mass is 31.0. The molecular formula is C7H14NO2P. The topological polar surface area (TPSA) is 38.3 Å². The summed E-state index contributed by atoms with van der Waals surface area (Å²) in [6, 6.07) is 0.230. The van der Waals surface area contributed by atoms with E-state index in [1.54, 1.807) is 0 Å². The zero-order valence-electron chi connectivity index (χ0n) is 6.83. The lowest BCUT2D eigenvalue weighted by Gasteiger charge is -2.16. The van der Waals surface area contributed by atoms with Crippen LogP contribution in [0.15, 0.2) is 0 Å². The number of ether oxygens (including phenoxy) is 1. The summed E-state index contributed by atoms with van der Waals surface area (Å²) in [4.78, 5) is 10.9. The second-order valence-electron chi connectivity index (χ2n) is 3.07. The predicted octanol–water partition coefficient (Wildman–Crippen LogP) is 0.706. The van der Waals surface area contributed by atoms with Crippen LogP contribution >= 0.6 is 9.39 Å². The lowest BCUT2D eigenvalue weighted by molar-refractivity contribution is -0.144. The summed E-state index contributed by atoms with van der Waals surface area (Å²) in [7, 11) is 2.43. The molecule has 1 rings (SSSR count). The van der Waals surface area contributed by atoms with Crippen molar-refractivity contribution in [2.24, 2.45) is 5.92 Å². The molecule has 11 heavy (non-hydrogen) atoms. The van der Waals surface area contributed by atoms with Gasteiger partial charge in [-0.15, -0.1) is 0 Å². The van der Waals surface area contributed by atoms with Crippen molar-refractivity contribution in [1.82, 2.24) is 5.09 Å². The number of hydrogen-bond acceptors (Lipinski definition) is 3. The number of carbonyl (C=O) groups is 1. The van der Waals surface area contributed by atoms with E-state index >= 15 is 0 Å². The lowest BCUT2D eigenvalue weighted by atomic mass is 10.0. The number of nitrogens with one attached hydrogen (secondary N) is 1. The van der Waals surface area contributed by atoms with Crippen molar-refractivity contribution in [3.63, 3.8) is 0 Å². The highest BCUT2D eigenvalue weighted by molar-refractivity contribution is 7.13. The van der Waals surface area contributed by atoms with Gasteiger partial charge in [-0.25, -0.2) is 0 Å². The van der Waals surface area contributed by atoms with E-state index < -0.39 is 0 Å². The first kappa shape index (κ1) is 8.95. The molecule has 0 aromatic heterocycles. The Balaban J connectivity index is 2.46. The molecular weight excluding hydrogens is 161 g/mol. The Kier molecular flexibility index (Phi) is 2.85. The van der Waals surface area contributed by atoms with Crippen LogP contribution in [0.2, 0.25) is 0 Å². The van der Waals surface area contributed by atoms with E-state index in [4.69, 9.17) is 4.74 Å². The van der Waals surface area contributed by atoms with Crippen LogP contribution in [0.3, 0.4) is 0 Å². The number of carbonyl (C=O) groups excluding carboxylic acids is 1. The Bertz CT molecular complexity index is 163. The van der Waals surface area contributed by atoms with E-state index in [1.165, 1.54) is 0 Å². The zero-order chi connectivity index (χ0) is 8.43. The molecule has 1 N–H and O–H groups in total. The fourth-order valence-corrected chi connectivity index (χ4v) is 1.39. The Hall–Kier alpha value is -0.140. The largest absolute Gasteiger partial charge is 0.460 e. The summed E-state index contributed by atoms with van der Waals surface area (Å²) in [5.74, 6) is 0.00269. The average Bonchev–Trinajstić information content (AvgIpc) is 2.31. The molecule has 0 spiro atoms. The molecule has 3 nitrogen and oxygen atoms in total. The molecule has 0 aromatic rings. The van der Waals surface area contributed by atoms with Gasteiger partial charge in [0.15, 0.2) is 0 Å². The second-order valence-corrected chi connectivity index (χ2v) is 3.40. The van der Waals surface area contributed by atoms with Crippen LogP contribution in [0.4, 0.5) is 0 Å². The average molecular weight is 175 g/mol. The van der Waals surface area contributed by atoms with E-state index in [0.29, 0.717) is 0 Å². The van der Waals surface area contributed by atoms with Gasteiger partial charge in [-0.1, -0.05) is 16.3 Å². The molecule has 1 saturated heterocycles. The maximum atomic E-state index is 10.9. The Morgan fingerprint density at radius 3 is 2.82 bits per heavy atom. The molecule has 0 aromatic carbocycles. The monoisotopic (exact) mass is 175 g/mol. The fourth-order valence-electron chi connectivity index (χ4n) is 1.17. The summed E-state index contributed by atoms with van der Waals surface area (Å²) >= 11 is 0. The van der Waals surface area contributed by atoms with Gasteiger partial charge in [0.1, 0.15) is 6.10 Å². The summed E-state index contributed by atoms with van der Waals surface area (Å²) in [5.41, 5.74) is 0. The molecule has 64 valence electrons. The zero-order valence-corrected chi connectivity index (χ0v) is 7.99. The third kappa shape index (κ3) is 1.91. The van der Waals surface area contributed by atoms with Crippen molar-refractivity contribution < 1.29 is 9.53 Å². The van der Waals surface area contributed by atoms with Gasteiger partial charge in [-0.3, -0.25) is 9.88 Å². The molecule has 0 aliphatic carbocycles. The third-order valence-electron chi connectivity index (χ3n) is 2.08. The van der Waals surface area contributed by atoms with Crippen molar-refractivity contribution in [3.05, 3.63) is 0 Å². The molecule has 1 unspecified atom stereocenters. The molecule has 4 heteroatoms. The Morgan fingerprint density at radius 2 is 2.45 bits per heavy atom. The molecule has 1 aliphatic rings. The lowest BCUT2D eigenvalue weighted by Crippen LogP contribution is -2.31. The smallest absolute Gasteiger partial charge is 0.309 e. The Labute approximate surface area is 69.1 Å². The summed E-state index contributed by atoms with van der Waals surface area (Å²) in [6.07, 6.45) is 0.886. The first-order valence-corrected chi connectivity index (χ1v) is 4.39. The van der Waals surface area contributed by atoms with Crippen molar-refractivity contribution in [2.75, 3.05) is 0 Å². The van der Waals surface area contributed by atoms with E-state index in [0.717, 1.165) is 6.42 Å². The summed E-state index contributed by atoms with van der Waals surface area (Å²) < 4.78 is 5.11. The summed E-state index contributed by atoms with van der Waals surface area (Å²) in [6.45, 7) is 3.90. The minimum atomic E-state index is -0.0675. The summed E-state index contributed by atoms with van der Waals surface area (Å²) in [5, 5.41) is 2.99. The quantitative estimate of drug-likeness (QED) is 0.496. The Morgan fingerprint density at radius 1 is 1.82 bits per heavy atom. The van der Waals surface area contributed by atoms with E-state index in [1.807, 2.05) is 13.8 Å². The van der Waals surface area contributed by atoms with E-state index in [-0.39, 0.29) is 24.0 Å². The van der Waals surface area contributed by atoms with Crippen molar-refractivity contribution in [3.8, 4) is 0 Å². The number of rotatable bonds is 2. The highest BCUT2D eigenvalue weighted by Gasteiger charge is 2.33. The van der Waals surface area contributed by atoms with Gasteiger partial charge in [0.2, 0.25) is 0 Å². The molecule has 0 bridgehead atoms. The first-order chi connectivity index (χ1) is 5.15. The van der Waals surface area contributed by atoms with Gasteiger partial charge < -0.3 is 4.74 Å². The highest BCUT2D eigenvalue weighted by Crippen LogP contribution is 2.22. The van der Waals surface area contributed by atoms with Crippen LogP contribution in [-0.4, -0.2) is 18.1 Å². The molecule has 0 amide bonds. The molecule has 1 heterocycles. The van der Waals surface area contributed by atoms with Crippen molar-refractivity contribution in [2.45, 2.75) is 32.4 Å². The molecule has 1 aliphatic heterocycles. The van der Waals surface area contributed by atoms with Gasteiger partial charge in [0, 0.05) is 6.04 Å². The van der Waals surface area contributed by atoms with Crippen LogP contribution in [0, 0.1) is 5.92 Å². The van der Waals surface area contributed by atoms with E-state index in [9.17, 15) is 4.79 Å². The SMILES string of the molecule is C[C@@H]1C[C@@H]([C@H](C)NP)OC1=O. The minimum absolute atomic E-state index is 0.0509. The van der Waals surface area contributed by atoms with Gasteiger partial charge in [0.05, 0.1) is 5.92 Å². The number of cyclic esters (lactones) is 1.